The lowest BCUT2D eigenvalue weighted by Crippen LogP contribution is -2.06. The minimum atomic E-state index is 0. The molecule has 0 atom stereocenters. The Bertz CT molecular complexity index is 402. The fourth-order valence-electron chi connectivity index (χ4n) is 1.33. The van der Waals surface area contributed by atoms with E-state index >= 15 is 0 Å². The average Bonchev–Trinajstić information content (AvgIpc) is 2.27. The van der Waals surface area contributed by atoms with Gasteiger partial charge in [-0.2, -0.15) is 0 Å². The molecule has 0 aliphatic carbocycles. The van der Waals surface area contributed by atoms with Crippen molar-refractivity contribution >= 4 is 24.0 Å². The molecule has 0 unspecified atom stereocenters. The Kier molecular flexibility index (Phi) is 7.56. The third-order valence-electron chi connectivity index (χ3n) is 1.97. The van der Waals surface area contributed by atoms with E-state index in [9.17, 15) is 0 Å². The van der Waals surface area contributed by atoms with Crippen molar-refractivity contribution in [2.75, 3.05) is 20.8 Å². The maximum absolute atomic E-state index is 6.08. The minimum absolute atomic E-state index is 0. The van der Waals surface area contributed by atoms with Gasteiger partial charge in [0, 0.05) is 6.54 Å². The molecule has 0 spiro atoms. The van der Waals surface area contributed by atoms with Crippen LogP contribution in [0.3, 0.4) is 0 Å². The minimum Gasteiger partial charge on any atom is -0.493 e. The first kappa shape index (κ1) is 15.9. The second-order valence-electron chi connectivity index (χ2n) is 3.13. The molecule has 5 heteroatoms. The standard InChI is InChI=1S/C12H14ClNO2.ClH/c1-4-5-16-12-10(13)6-9(8-14-2)7-11(12)15-3;/h1,6-7,14H,5,8H2,2-3H3;1H. The molecule has 0 saturated carbocycles. The maximum atomic E-state index is 6.08. The molecule has 0 bridgehead atoms. The van der Waals surface area contributed by atoms with Crippen LogP contribution in [0, 0.1) is 12.3 Å². The van der Waals surface area contributed by atoms with Crippen LogP contribution in [0.5, 0.6) is 11.5 Å². The summed E-state index contributed by atoms with van der Waals surface area (Å²) in [6.07, 6.45) is 5.13. The second-order valence-corrected chi connectivity index (χ2v) is 3.54. The van der Waals surface area contributed by atoms with Crippen LogP contribution in [0.15, 0.2) is 12.1 Å². The number of rotatable bonds is 5. The van der Waals surface area contributed by atoms with E-state index < -0.39 is 0 Å². The first-order valence-corrected chi connectivity index (χ1v) is 5.18. The zero-order chi connectivity index (χ0) is 12.0. The Labute approximate surface area is 113 Å². The van der Waals surface area contributed by atoms with Gasteiger partial charge >= 0.3 is 0 Å². The number of nitrogens with one attached hydrogen (secondary N) is 1. The van der Waals surface area contributed by atoms with E-state index in [2.05, 4.69) is 11.2 Å². The number of hydrogen-bond acceptors (Lipinski definition) is 3. The van der Waals surface area contributed by atoms with Gasteiger partial charge in [0.15, 0.2) is 11.5 Å². The van der Waals surface area contributed by atoms with Gasteiger partial charge in [-0.05, 0) is 24.7 Å². The van der Waals surface area contributed by atoms with Crippen molar-refractivity contribution in [3.05, 3.63) is 22.7 Å². The van der Waals surface area contributed by atoms with E-state index in [-0.39, 0.29) is 19.0 Å². The quantitative estimate of drug-likeness (QED) is 0.838. The summed E-state index contributed by atoms with van der Waals surface area (Å²) >= 11 is 6.08. The largest absolute Gasteiger partial charge is 0.493 e. The fraction of sp³-hybridized carbons (Fsp3) is 0.333. The van der Waals surface area contributed by atoms with Gasteiger partial charge in [0.1, 0.15) is 6.61 Å². The van der Waals surface area contributed by atoms with Gasteiger partial charge in [0.25, 0.3) is 0 Å². The summed E-state index contributed by atoms with van der Waals surface area (Å²) in [5.74, 6) is 3.46. The maximum Gasteiger partial charge on any atom is 0.181 e. The highest BCUT2D eigenvalue weighted by Gasteiger charge is 2.11. The summed E-state index contributed by atoms with van der Waals surface area (Å²) < 4.78 is 10.5. The van der Waals surface area contributed by atoms with Crippen molar-refractivity contribution in [3.63, 3.8) is 0 Å². The van der Waals surface area contributed by atoms with Gasteiger partial charge in [-0.25, -0.2) is 0 Å². The lowest BCUT2D eigenvalue weighted by atomic mass is 10.2. The summed E-state index contributed by atoms with van der Waals surface area (Å²) in [5, 5.41) is 3.54. The molecule has 0 radical (unpaired) electrons. The number of terminal acetylenes is 1. The number of ether oxygens (including phenoxy) is 2. The molecule has 0 aliphatic heterocycles. The van der Waals surface area contributed by atoms with Crippen LogP contribution in [0.1, 0.15) is 5.56 Å². The predicted molar refractivity (Wildman–Crippen MR) is 72.3 cm³/mol. The fourth-order valence-corrected chi connectivity index (χ4v) is 1.62. The zero-order valence-corrected chi connectivity index (χ0v) is 11.3. The zero-order valence-electron chi connectivity index (χ0n) is 9.75. The number of hydrogen-bond donors (Lipinski definition) is 1. The molecule has 1 aromatic carbocycles. The monoisotopic (exact) mass is 275 g/mol. The van der Waals surface area contributed by atoms with Crippen LogP contribution < -0.4 is 14.8 Å². The van der Waals surface area contributed by atoms with Gasteiger partial charge in [-0.3, -0.25) is 0 Å². The Morgan fingerprint density at radius 2 is 2.18 bits per heavy atom. The van der Waals surface area contributed by atoms with Crippen molar-refractivity contribution < 1.29 is 9.47 Å². The van der Waals surface area contributed by atoms with Crippen LogP contribution in [-0.4, -0.2) is 20.8 Å². The Hall–Kier alpha value is -1.08. The third-order valence-corrected chi connectivity index (χ3v) is 2.25. The topological polar surface area (TPSA) is 30.5 Å². The van der Waals surface area contributed by atoms with E-state index in [0.717, 1.165) is 5.56 Å². The van der Waals surface area contributed by atoms with Crippen molar-refractivity contribution in [1.29, 1.82) is 0 Å². The lowest BCUT2D eigenvalue weighted by Gasteiger charge is -2.12. The van der Waals surface area contributed by atoms with Crippen LogP contribution in [-0.2, 0) is 6.54 Å². The highest BCUT2D eigenvalue weighted by Crippen LogP contribution is 2.36. The molecule has 1 aromatic rings. The molecule has 94 valence electrons. The third kappa shape index (κ3) is 4.35. The number of benzene rings is 1. The van der Waals surface area contributed by atoms with E-state index in [1.165, 1.54) is 0 Å². The van der Waals surface area contributed by atoms with Crippen molar-refractivity contribution in [2.45, 2.75) is 6.54 Å². The molecule has 1 rings (SSSR count). The molecule has 1 N–H and O–H groups in total. The van der Waals surface area contributed by atoms with Crippen molar-refractivity contribution in [1.82, 2.24) is 5.32 Å². The Morgan fingerprint density at radius 1 is 1.47 bits per heavy atom. The first-order valence-electron chi connectivity index (χ1n) is 4.80. The van der Waals surface area contributed by atoms with E-state index in [1.807, 2.05) is 19.2 Å². The molecule has 3 nitrogen and oxygen atoms in total. The Balaban J connectivity index is 0.00000256. The van der Waals surface area contributed by atoms with Gasteiger partial charge in [0.2, 0.25) is 0 Å². The number of halogens is 2. The van der Waals surface area contributed by atoms with Crippen molar-refractivity contribution in [2.24, 2.45) is 0 Å². The highest BCUT2D eigenvalue weighted by molar-refractivity contribution is 6.32. The molecule has 0 heterocycles. The van der Waals surface area contributed by atoms with Gasteiger partial charge in [0.05, 0.1) is 12.1 Å². The van der Waals surface area contributed by atoms with E-state index in [4.69, 9.17) is 27.5 Å². The molecule has 0 aliphatic rings. The predicted octanol–water partition coefficient (Wildman–Crippen LogP) is 2.50. The summed E-state index contributed by atoms with van der Waals surface area (Å²) in [6, 6.07) is 3.70. The Morgan fingerprint density at radius 3 is 2.71 bits per heavy atom. The SMILES string of the molecule is C#CCOc1c(Cl)cc(CNC)cc1OC.Cl. The summed E-state index contributed by atoms with van der Waals surface area (Å²) in [5.41, 5.74) is 1.03. The lowest BCUT2D eigenvalue weighted by molar-refractivity contribution is 0.331. The summed E-state index contributed by atoms with van der Waals surface area (Å²) in [7, 11) is 3.43. The molecule has 0 fully saturated rings. The van der Waals surface area contributed by atoms with Crippen LogP contribution in [0.4, 0.5) is 0 Å². The smallest absolute Gasteiger partial charge is 0.181 e. The van der Waals surface area contributed by atoms with E-state index in [1.54, 1.807) is 7.11 Å². The normalized spacial score (nSPS) is 9.06. The van der Waals surface area contributed by atoms with Crippen molar-refractivity contribution in [3.8, 4) is 23.8 Å². The average molecular weight is 276 g/mol. The number of methoxy groups -OCH3 is 1. The van der Waals surface area contributed by atoms with Crippen LogP contribution >= 0.6 is 24.0 Å². The molecular formula is C12H15Cl2NO2. The highest BCUT2D eigenvalue weighted by atomic mass is 35.5. The summed E-state index contributed by atoms with van der Waals surface area (Å²) in [6.45, 7) is 0.882. The molecule has 0 amide bonds. The van der Waals surface area contributed by atoms with Crippen LogP contribution in [0.25, 0.3) is 0 Å². The molecule has 0 saturated heterocycles. The molecule has 17 heavy (non-hydrogen) atoms. The van der Waals surface area contributed by atoms with Gasteiger partial charge in [-0.1, -0.05) is 17.5 Å². The molecular weight excluding hydrogens is 261 g/mol. The second kappa shape index (κ2) is 8.08. The first-order chi connectivity index (χ1) is 7.72. The van der Waals surface area contributed by atoms with Gasteiger partial charge < -0.3 is 14.8 Å². The van der Waals surface area contributed by atoms with Crippen LogP contribution in [0.2, 0.25) is 5.02 Å². The molecule has 0 aromatic heterocycles. The van der Waals surface area contributed by atoms with E-state index in [0.29, 0.717) is 23.1 Å². The van der Waals surface area contributed by atoms with Gasteiger partial charge in [-0.15, -0.1) is 18.8 Å². The summed E-state index contributed by atoms with van der Waals surface area (Å²) in [4.78, 5) is 0.